The maximum atomic E-state index is 13.1. The molecule has 0 saturated heterocycles. The molecule has 2 rings (SSSR count). The van der Waals surface area contributed by atoms with Crippen molar-refractivity contribution in [3.63, 3.8) is 0 Å². The van der Waals surface area contributed by atoms with Crippen LogP contribution in [-0.4, -0.2) is 41.2 Å². The van der Waals surface area contributed by atoms with Crippen molar-refractivity contribution in [2.45, 2.75) is 58.4 Å². The number of rotatable bonds is 7. The van der Waals surface area contributed by atoms with Gasteiger partial charge >= 0.3 is 0 Å². The van der Waals surface area contributed by atoms with Crippen molar-refractivity contribution >= 4 is 29.5 Å². The summed E-state index contributed by atoms with van der Waals surface area (Å²) < 4.78 is 0. The zero-order valence-corrected chi connectivity index (χ0v) is 17.1. The van der Waals surface area contributed by atoms with Crippen molar-refractivity contribution in [1.82, 2.24) is 10.2 Å². The van der Waals surface area contributed by atoms with Crippen LogP contribution in [0, 0.1) is 0 Å². The lowest BCUT2D eigenvalue weighted by Gasteiger charge is -2.39. The Labute approximate surface area is 167 Å². The molecule has 1 saturated carbocycles. The first-order valence-electron chi connectivity index (χ1n) is 10.1. The number of benzene rings is 1. The molecule has 1 fully saturated rings. The van der Waals surface area contributed by atoms with E-state index in [9.17, 15) is 14.4 Å². The summed E-state index contributed by atoms with van der Waals surface area (Å²) in [5.41, 5.74) is 0.762. The normalized spacial score (nSPS) is 15.8. The minimum Gasteiger partial charge on any atom is -0.341 e. The number of amides is 3. The number of carbonyl (C=O) groups excluding carboxylic acids is 3. The summed E-state index contributed by atoms with van der Waals surface area (Å²) >= 11 is 0. The van der Waals surface area contributed by atoms with E-state index in [2.05, 4.69) is 10.6 Å². The largest absolute Gasteiger partial charge is 0.341 e. The van der Waals surface area contributed by atoms with E-state index >= 15 is 0 Å². The molecule has 0 unspecified atom stereocenters. The Morgan fingerprint density at radius 2 is 1.64 bits per heavy atom. The first kappa shape index (κ1) is 21.7. The standard InChI is InChI=1S/C22H31N3O3/c1-4-25(5-2)21(28)22(15-7-6-8-16-22)24-20(27)14-11-18-9-12-19(13-10-18)23-17(3)26/h9-14H,4-8,15-16H2,1-3H3,(H,23,26)(H,24,27)/b14-11+. The molecule has 0 spiro atoms. The molecule has 0 radical (unpaired) electrons. The molecule has 6 heteroatoms. The van der Waals surface area contributed by atoms with Gasteiger partial charge in [0.15, 0.2) is 0 Å². The predicted octanol–water partition coefficient (Wildman–Crippen LogP) is 3.35. The van der Waals surface area contributed by atoms with E-state index in [0.29, 0.717) is 31.6 Å². The Morgan fingerprint density at radius 1 is 1.04 bits per heavy atom. The fraction of sp³-hybridized carbons (Fsp3) is 0.500. The van der Waals surface area contributed by atoms with Crippen molar-refractivity contribution < 1.29 is 14.4 Å². The molecule has 28 heavy (non-hydrogen) atoms. The molecule has 1 aliphatic carbocycles. The lowest BCUT2D eigenvalue weighted by atomic mass is 9.80. The summed E-state index contributed by atoms with van der Waals surface area (Å²) in [5.74, 6) is -0.356. The van der Waals surface area contributed by atoms with Crippen LogP contribution in [0.25, 0.3) is 6.08 Å². The van der Waals surface area contributed by atoms with E-state index < -0.39 is 5.54 Å². The van der Waals surface area contributed by atoms with E-state index in [0.717, 1.165) is 24.8 Å². The second-order valence-electron chi connectivity index (χ2n) is 7.25. The summed E-state index contributed by atoms with van der Waals surface area (Å²) in [6.07, 6.45) is 7.55. The van der Waals surface area contributed by atoms with Crippen LogP contribution in [-0.2, 0) is 14.4 Å². The number of nitrogens with zero attached hydrogens (tertiary/aromatic N) is 1. The Morgan fingerprint density at radius 3 is 2.18 bits per heavy atom. The molecule has 0 aromatic heterocycles. The lowest BCUT2D eigenvalue weighted by Crippen LogP contribution is -2.60. The quantitative estimate of drug-likeness (QED) is 0.707. The topological polar surface area (TPSA) is 78.5 Å². The van der Waals surface area contributed by atoms with Crippen LogP contribution in [0.15, 0.2) is 30.3 Å². The van der Waals surface area contributed by atoms with Gasteiger partial charge in [-0.1, -0.05) is 31.4 Å². The minimum absolute atomic E-state index is 0.0265. The molecule has 0 atom stereocenters. The SMILES string of the molecule is CCN(CC)C(=O)C1(NC(=O)/C=C/c2ccc(NC(C)=O)cc2)CCCCC1. The van der Waals surface area contributed by atoms with Crippen LogP contribution in [0.1, 0.15) is 58.4 Å². The smallest absolute Gasteiger partial charge is 0.248 e. The van der Waals surface area contributed by atoms with Crippen molar-refractivity contribution in [3.8, 4) is 0 Å². The van der Waals surface area contributed by atoms with Crippen LogP contribution >= 0.6 is 0 Å². The Kier molecular flexibility index (Phi) is 7.79. The number of hydrogen-bond acceptors (Lipinski definition) is 3. The van der Waals surface area contributed by atoms with Crippen LogP contribution in [0.3, 0.4) is 0 Å². The van der Waals surface area contributed by atoms with Gasteiger partial charge in [-0.2, -0.15) is 0 Å². The van der Waals surface area contributed by atoms with Crippen LogP contribution in [0.4, 0.5) is 5.69 Å². The Hall–Kier alpha value is -2.63. The average molecular weight is 386 g/mol. The molecule has 3 amide bonds. The summed E-state index contributed by atoms with van der Waals surface area (Å²) in [6, 6.07) is 7.22. The van der Waals surface area contributed by atoms with Gasteiger partial charge in [-0.3, -0.25) is 14.4 Å². The van der Waals surface area contributed by atoms with Gasteiger partial charge in [0.05, 0.1) is 0 Å². The summed E-state index contributed by atoms with van der Waals surface area (Å²) in [6.45, 7) is 6.67. The summed E-state index contributed by atoms with van der Waals surface area (Å²) in [7, 11) is 0. The highest BCUT2D eigenvalue weighted by molar-refractivity contribution is 5.97. The van der Waals surface area contributed by atoms with Gasteiger partial charge in [-0.05, 0) is 50.5 Å². The van der Waals surface area contributed by atoms with Gasteiger partial charge in [0.25, 0.3) is 0 Å². The maximum absolute atomic E-state index is 13.1. The Balaban J connectivity index is 2.07. The van der Waals surface area contributed by atoms with Crippen LogP contribution in [0.5, 0.6) is 0 Å². The molecule has 1 aliphatic rings. The van der Waals surface area contributed by atoms with E-state index in [1.165, 1.54) is 13.0 Å². The zero-order chi connectivity index (χ0) is 20.6. The van der Waals surface area contributed by atoms with E-state index in [4.69, 9.17) is 0 Å². The second kappa shape index (κ2) is 10.1. The molecule has 152 valence electrons. The zero-order valence-electron chi connectivity index (χ0n) is 17.1. The van der Waals surface area contributed by atoms with Gasteiger partial charge < -0.3 is 15.5 Å². The van der Waals surface area contributed by atoms with Crippen molar-refractivity contribution in [3.05, 3.63) is 35.9 Å². The van der Waals surface area contributed by atoms with Gasteiger partial charge in [0, 0.05) is 31.8 Å². The third kappa shape index (κ3) is 5.68. The minimum atomic E-state index is -0.791. The van der Waals surface area contributed by atoms with Crippen molar-refractivity contribution in [2.75, 3.05) is 18.4 Å². The predicted molar refractivity (Wildman–Crippen MR) is 112 cm³/mol. The molecule has 6 nitrogen and oxygen atoms in total. The number of carbonyl (C=O) groups is 3. The van der Waals surface area contributed by atoms with E-state index in [1.807, 2.05) is 26.0 Å². The van der Waals surface area contributed by atoms with Gasteiger partial charge in [-0.25, -0.2) is 0 Å². The number of likely N-dealkylation sites (N-methyl/N-ethyl adjacent to an activating group) is 1. The maximum Gasteiger partial charge on any atom is 0.248 e. The fourth-order valence-electron chi connectivity index (χ4n) is 3.69. The third-order valence-corrected chi connectivity index (χ3v) is 5.19. The second-order valence-corrected chi connectivity index (χ2v) is 7.25. The van der Waals surface area contributed by atoms with Crippen molar-refractivity contribution in [1.29, 1.82) is 0 Å². The monoisotopic (exact) mass is 385 g/mol. The molecule has 1 aromatic carbocycles. The molecule has 1 aromatic rings. The molecule has 2 N–H and O–H groups in total. The molecular formula is C22H31N3O3. The van der Waals surface area contributed by atoms with Crippen LogP contribution < -0.4 is 10.6 Å². The van der Waals surface area contributed by atoms with Gasteiger partial charge in [-0.15, -0.1) is 0 Å². The van der Waals surface area contributed by atoms with E-state index in [1.54, 1.807) is 23.1 Å². The molecular weight excluding hydrogens is 354 g/mol. The average Bonchev–Trinajstić information content (AvgIpc) is 2.68. The molecule has 0 heterocycles. The van der Waals surface area contributed by atoms with Crippen LogP contribution in [0.2, 0.25) is 0 Å². The van der Waals surface area contributed by atoms with Gasteiger partial charge in [0.2, 0.25) is 17.7 Å². The summed E-state index contributed by atoms with van der Waals surface area (Å²) in [4.78, 5) is 38.5. The lowest BCUT2D eigenvalue weighted by molar-refractivity contribution is -0.142. The highest BCUT2D eigenvalue weighted by atomic mass is 16.2. The highest BCUT2D eigenvalue weighted by Gasteiger charge is 2.42. The summed E-state index contributed by atoms with van der Waals surface area (Å²) in [5, 5.41) is 5.72. The number of anilines is 1. The number of hydrogen-bond donors (Lipinski definition) is 2. The van der Waals surface area contributed by atoms with Gasteiger partial charge in [0.1, 0.15) is 5.54 Å². The first-order valence-corrected chi connectivity index (χ1v) is 10.1. The molecule has 0 aliphatic heterocycles. The third-order valence-electron chi connectivity index (χ3n) is 5.19. The van der Waals surface area contributed by atoms with E-state index in [-0.39, 0.29) is 17.7 Å². The highest BCUT2D eigenvalue weighted by Crippen LogP contribution is 2.30. The Bertz CT molecular complexity index is 715. The first-order chi connectivity index (χ1) is 13.4. The number of nitrogens with one attached hydrogen (secondary N) is 2. The fourth-order valence-corrected chi connectivity index (χ4v) is 3.69. The van der Waals surface area contributed by atoms with Crippen molar-refractivity contribution in [2.24, 2.45) is 0 Å². The molecule has 0 bridgehead atoms.